The Labute approximate surface area is 135 Å². The third kappa shape index (κ3) is 1.57. The minimum absolute atomic E-state index is 0.0271. The van der Waals surface area contributed by atoms with Crippen molar-refractivity contribution in [3.05, 3.63) is 58.1 Å². The third-order valence-corrected chi connectivity index (χ3v) is 5.97. The second kappa shape index (κ2) is 4.37. The Morgan fingerprint density at radius 3 is 2.83 bits per heavy atom. The predicted molar refractivity (Wildman–Crippen MR) is 83.5 cm³/mol. The summed E-state index contributed by atoms with van der Waals surface area (Å²) in [4.78, 5) is 4.20. The third-order valence-electron chi connectivity index (χ3n) is 5.97. The van der Waals surface area contributed by atoms with Crippen LogP contribution in [0.5, 0.6) is 0 Å². The quantitative estimate of drug-likeness (QED) is 0.690. The van der Waals surface area contributed by atoms with E-state index in [0.717, 1.165) is 24.8 Å². The first-order valence-electron chi connectivity index (χ1n) is 8.31. The molecule has 3 atom stereocenters. The number of fused-ring (bicyclic) bond motifs is 3. The van der Waals surface area contributed by atoms with Gasteiger partial charge in [-0.2, -0.15) is 0 Å². The van der Waals surface area contributed by atoms with Crippen molar-refractivity contribution in [3.8, 4) is 0 Å². The van der Waals surface area contributed by atoms with Gasteiger partial charge in [-0.25, -0.2) is 6.57 Å². The SMILES string of the molecule is [C-]#[N+]C12CCC3(OCCO3)C3=COC(Cc4ccc(C)cc41)C32. The molecule has 1 saturated carbocycles. The lowest BCUT2D eigenvalue weighted by atomic mass is 9.59. The lowest BCUT2D eigenvalue weighted by molar-refractivity contribution is -0.155. The van der Waals surface area contributed by atoms with Gasteiger partial charge in [-0.3, -0.25) is 0 Å². The fourth-order valence-corrected chi connectivity index (χ4v) is 4.97. The van der Waals surface area contributed by atoms with E-state index >= 15 is 0 Å². The number of nitrogens with zero attached hydrogens (tertiary/aromatic N) is 1. The van der Waals surface area contributed by atoms with Crippen LogP contribution in [0.2, 0.25) is 0 Å². The predicted octanol–water partition coefficient (Wildman–Crippen LogP) is 3.10. The molecule has 2 fully saturated rings. The molecule has 23 heavy (non-hydrogen) atoms. The Bertz CT molecular complexity index is 756. The number of benzene rings is 1. The number of rotatable bonds is 0. The molecule has 5 rings (SSSR count). The van der Waals surface area contributed by atoms with Crippen LogP contribution in [0.25, 0.3) is 4.85 Å². The minimum atomic E-state index is -0.644. The second-order valence-electron chi connectivity index (χ2n) is 7.08. The maximum absolute atomic E-state index is 8.04. The minimum Gasteiger partial charge on any atom is -0.497 e. The lowest BCUT2D eigenvalue weighted by Crippen LogP contribution is -2.53. The average Bonchev–Trinajstić information content (AvgIpc) is 3.20. The summed E-state index contributed by atoms with van der Waals surface area (Å²) in [5.41, 5.74) is 4.18. The highest BCUT2D eigenvalue weighted by molar-refractivity contribution is 5.49. The molecule has 118 valence electrons. The van der Waals surface area contributed by atoms with E-state index in [1.54, 1.807) is 0 Å². The van der Waals surface area contributed by atoms with Crippen LogP contribution in [0.1, 0.15) is 29.5 Å². The fraction of sp³-hybridized carbons (Fsp3) is 0.526. The molecule has 4 nitrogen and oxygen atoms in total. The highest BCUT2D eigenvalue weighted by Crippen LogP contribution is 2.60. The van der Waals surface area contributed by atoms with Crippen LogP contribution >= 0.6 is 0 Å². The summed E-state index contributed by atoms with van der Waals surface area (Å²) in [6.45, 7) is 11.4. The maximum atomic E-state index is 8.04. The van der Waals surface area contributed by atoms with E-state index in [2.05, 4.69) is 30.0 Å². The van der Waals surface area contributed by atoms with Crippen molar-refractivity contribution in [1.29, 1.82) is 0 Å². The first-order chi connectivity index (χ1) is 11.2. The van der Waals surface area contributed by atoms with E-state index in [9.17, 15) is 0 Å². The van der Waals surface area contributed by atoms with Gasteiger partial charge in [-0.05, 0) is 18.6 Å². The molecule has 1 saturated heterocycles. The summed E-state index contributed by atoms with van der Waals surface area (Å²) >= 11 is 0. The molecule has 0 aromatic heterocycles. The van der Waals surface area contributed by atoms with Crippen molar-refractivity contribution in [2.75, 3.05) is 13.2 Å². The Hall–Kier alpha value is -1.83. The van der Waals surface area contributed by atoms with Crippen molar-refractivity contribution in [3.63, 3.8) is 0 Å². The zero-order valence-electron chi connectivity index (χ0n) is 13.2. The van der Waals surface area contributed by atoms with Gasteiger partial charge >= 0.3 is 0 Å². The van der Waals surface area contributed by atoms with E-state index in [1.807, 2.05) is 6.26 Å². The summed E-state index contributed by atoms with van der Waals surface area (Å²) in [6, 6.07) is 6.50. The smallest absolute Gasteiger partial charge is 0.268 e. The first kappa shape index (κ1) is 13.6. The largest absolute Gasteiger partial charge is 0.497 e. The van der Waals surface area contributed by atoms with Crippen LogP contribution in [0, 0.1) is 19.4 Å². The molecule has 4 heteroatoms. The Kier molecular flexibility index (Phi) is 2.58. The molecule has 1 aromatic carbocycles. The topological polar surface area (TPSA) is 32.0 Å². The molecule has 1 spiro atoms. The molecule has 0 radical (unpaired) electrons. The van der Waals surface area contributed by atoms with Gasteiger partial charge in [0.1, 0.15) is 12.0 Å². The number of ether oxygens (including phenoxy) is 3. The molecule has 2 heterocycles. The molecule has 2 aliphatic heterocycles. The zero-order valence-corrected chi connectivity index (χ0v) is 13.2. The first-order valence-corrected chi connectivity index (χ1v) is 8.31. The van der Waals surface area contributed by atoms with Crippen molar-refractivity contribution >= 4 is 0 Å². The summed E-state index contributed by atoms with van der Waals surface area (Å²) in [7, 11) is 0. The fourth-order valence-electron chi connectivity index (χ4n) is 4.97. The van der Waals surface area contributed by atoms with Gasteiger partial charge in [0.15, 0.2) is 5.79 Å². The molecule has 0 N–H and O–H groups in total. The highest BCUT2D eigenvalue weighted by Gasteiger charge is 2.67. The van der Waals surface area contributed by atoms with E-state index in [4.69, 9.17) is 20.8 Å². The van der Waals surface area contributed by atoms with Crippen LogP contribution in [-0.2, 0) is 26.2 Å². The number of hydrogen-bond donors (Lipinski definition) is 0. The number of hydrogen-bond acceptors (Lipinski definition) is 3. The van der Waals surface area contributed by atoms with Crippen molar-refractivity contribution in [2.45, 2.75) is 43.6 Å². The van der Waals surface area contributed by atoms with Gasteiger partial charge in [-0.1, -0.05) is 17.7 Å². The van der Waals surface area contributed by atoms with E-state index in [-0.39, 0.29) is 12.0 Å². The van der Waals surface area contributed by atoms with E-state index < -0.39 is 11.3 Å². The lowest BCUT2D eigenvalue weighted by Gasteiger charge is -2.46. The normalized spacial score (nSPS) is 35.9. The molecule has 3 unspecified atom stereocenters. The molecule has 1 aromatic rings. The molecule has 4 aliphatic rings. The van der Waals surface area contributed by atoms with E-state index in [0.29, 0.717) is 13.2 Å². The van der Waals surface area contributed by atoms with Gasteiger partial charge < -0.3 is 19.1 Å². The number of aryl methyl sites for hydroxylation is 1. The van der Waals surface area contributed by atoms with E-state index in [1.165, 1.54) is 16.7 Å². The van der Waals surface area contributed by atoms with Crippen LogP contribution in [0.3, 0.4) is 0 Å². The highest BCUT2D eigenvalue weighted by atomic mass is 16.7. The summed E-state index contributed by atoms with van der Waals surface area (Å²) in [6.07, 6.45) is 4.20. The molecular formula is C19H19NO3. The van der Waals surface area contributed by atoms with Crippen LogP contribution in [-0.4, -0.2) is 25.1 Å². The van der Waals surface area contributed by atoms with Gasteiger partial charge in [0.05, 0.1) is 19.5 Å². The molecule has 2 aliphatic carbocycles. The van der Waals surface area contributed by atoms with Gasteiger partial charge in [0, 0.05) is 30.4 Å². The zero-order chi connectivity index (χ0) is 15.7. The Balaban J connectivity index is 1.70. The summed E-state index contributed by atoms with van der Waals surface area (Å²) in [5, 5.41) is 0. The van der Waals surface area contributed by atoms with Gasteiger partial charge in [-0.15, -0.1) is 0 Å². The van der Waals surface area contributed by atoms with Crippen LogP contribution in [0.4, 0.5) is 0 Å². The van der Waals surface area contributed by atoms with Crippen molar-refractivity contribution < 1.29 is 14.2 Å². The Morgan fingerprint density at radius 1 is 1.22 bits per heavy atom. The standard InChI is InChI=1S/C19H19NO3/c1-12-3-4-13-10-16-17-15(11-21-16)19(22-7-8-23-19)6-5-18(17,20-2)14(13)9-12/h3-4,9,11,16-17H,5-8,10H2,1H3. The van der Waals surface area contributed by atoms with Crippen LogP contribution in [0.15, 0.2) is 30.0 Å². The molecular weight excluding hydrogens is 290 g/mol. The van der Waals surface area contributed by atoms with Gasteiger partial charge in [0.25, 0.3) is 5.54 Å². The molecule has 0 bridgehead atoms. The molecule has 0 amide bonds. The Morgan fingerprint density at radius 2 is 2.04 bits per heavy atom. The summed E-state index contributed by atoms with van der Waals surface area (Å²) in [5.74, 6) is -0.601. The van der Waals surface area contributed by atoms with Crippen LogP contribution < -0.4 is 0 Å². The second-order valence-corrected chi connectivity index (χ2v) is 7.08. The van der Waals surface area contributed by atoms with Gasteiger partial charge in [0.2, 0.25) is 0 Å². The van der Waals surface area contributed by atoms with Crippen molar-refractivity contribution in [2.24, 2.45) is 5.92 Å². The monoisotopic (exact) mass is 309 g/mol. The maximum Gasteiger partial charge on any atom is 0.268 e. The summed E-state index contributed by atoms with van der Waals surface area (Å²) < 4.78 is 18.0. The van der Waals surface area contributed by atoms with Crippen molar-refractivity contribution in [1.82, 2.24) is 0 Å². The average molecular weight is 309 g/mol.